The topological polar surface area (TPSA) is 34.4 Å². The Hall–Kier alpha value is -2.84. The zero-order chi connectivity index (χ0) is 35.6. The van der Waals surface area contributed by atoms with E-state index in [1.54, 1.807) is 7.11 Å². The number of aromatic hydroxyl groups is 1. The van der Waals surface area contributed by atoms with Crippen molar-refractivity contribution in [3.05, 3.63) is 104 Å². The molecule has 0 saturated heterocycles. The van der Waals surface area contributed by atoms with Gasteiger partial charge in [-0.1, -0.05) is 114 Å². The van der Waals surface area contributed by atoms with Crippen molar-refractivity contribution in [2.45, 2.75) is 119 Å². The molecule has 0 unspecified atom stereocenters. The third-order valence-corrected chi connectivity index (χ3v) is 9.85. The molecule has 0 atom stereocenters. The van der Waals surface area contributed by atoms with Crippen molar-refractivity contribution < 1.29 is 36.0 Å². The number of hydrogen-bond donors (Lipinski definition) is 1. The van der Waals surface area contributed by atoms with Crippen LogP contribution >= 0.6 is 0 Å². The molecule has 3 nitrogen and oxygen atoms in total. The van der Waals surface area contributed by atoms with Crippen LogP contribution < -0.4 is 4.74 Å². The second-order valence-electron chi connectivity index (χ2n) is 18.9. The van der Waals surface area contributed by atoms with E-state index in [4.69, 9.17) is 4.74 Å². The van der Waals surface area contributed by atoms with Gasteiger partial charge in [0.2, 0.25) is 0 Å². The van der Waals surface area contributed by atoms with Crippen molar-refractivity contribution >= 4 is 21.8 Å². The molecule has 0 amide bonds. The van der Waals surface area contributed by atoms with Crippen LogP contribution in [0.1, 0.15) is 120 Å². The third kappa shape index (κ3) is 9.40. The quantitative estimate of drug-likeness (QED) is 0.167. The first-order valence-electron chi connectivity index (χ1n) is 17.6. The number of hydrogen-bond acceptors (Lipinski definition) is 2. The molecule has 0 fully saturated rings. The van der Waals surface area contributed by atoms with Gasteiger partial charge >= 0.3 is 26.2 Å². The van der Waals surface area contributed by atoms with Crippen molar-refractivity contribution in [2.24, 2.45) is 10.8 Å². The summed E-state index contributed by atoms with van der Waals surface area (Å²) in [5, 5.41) is 14.7. The minimum atomic E-state index is -0.136. The van der Waals surface area contributed by atoms with Crippen LogP contribution in [0.4, 0.5) is 0 Å². The molecule has 0 saturated carbocycles. The molecule has 0 bridgehead atoms. The largest absolute Gasteiger partial charge is 2.00 e. The first kappa shape index (κ1) is 44.3. The molecule has 1 heterocycles. The van der Waals surface area contributed by atoms with E-state index in [-0.39, 0.29) is 73.9 Å². The number of nitrogens with zero attached hydrogens (tertiary/aromatic N) is 1. The molecule has 4 heteroatoms. The van der Waals surface area contributed by atoms with Crippen LogP contribution in [0.2, 0.25) is 0 Å². The van der Waals surface area contributed by atoms with Gasteiger partial charge in [0.1, 0.15) is 11.5 Å². The Morgan fingerprint density at radius 2 is 1.06 bits per heavy atom. The Bertz CT molecular complexity index is 1890. The second-order valence-corrected chi connectivity index (χ2v) is 18.9. The van der Waals surface area contributed by atoms with Crippen molar-refractivity contribution in [1.82, 2.24) is 4.57 Å². The number of fused-ring (bicyclic) bond motifs is 3. The van der Waals surface area contributed by atoms with Crippen LogP contribution in [0.3, 0.4) is 0 Å². The number of rotatable bonds is 7. The van der Waals surface area contributed by atoms with Gasteiger partial charge < -0.3 is 29.3 Å². The number of ether oxygens (including phenoxy) is 1. The van der Waals surface area contributed by atoms with Gasteiger partial charge in [-0.3, -0.25) is 0 Å². The summed E-state index contributed by atoms with van der Waals surface area (Å²) in [6.45, 7) is 30.1. The van der Waals surface area contributed by atoms with E-state index in [9.17, 15) is 5.11 Å². The van der Waals surface area contributed by atoms with E-state index in [2.05, 4.69) is 143 Å². The van der Waals surface area contributed by atoms with Crippen LogP contribution in [-0.2, 0) is 42.4 Å². The number of phenols is 1. The number of benzene rings is 4. The molecular weight excluding hydrogens is 702 g/mol. The van der Waals surface area contributed by atoms with E-state index in [1.807, 2.05) is 24.3 Å². The average molecular weight is 767 g/mol. The summed E-state index contributed by atoms with van der Waals surface area (Å²) in [7, 11) is 1.68. The molecule has 0 aliphatic rings. The van der Waals surface area contributed by atoms with E-state index in [1.165, 1.54) is 21.9 Å². The van der Waals surface area contributed by atoms with Crippen molar-refractivity contribution in [3.63, 3.8) is 0 Å². The molecule has 0 radical (unpaired) electrons. The van der Waals surface area contributed by atoms with Gasteiger partial charge in [-0.2, -0.15) is 0 Å². The minimum absolute atomic E-state index is 0. The van der Waals surface area contributed by atoms with Crippen molar-refractivity contribution in [1.29, 1.82) is 0 Å². The van der Waals surface area contributed by atoms with Gasteiger partial charge in [-0.15, -0.1) is 0 Å². The van der Waals surface area contributed by atoms with Gasteiger partial charge in [-0.25, -0.2) is 0 Å². The fraction of sp³-hybridized carbons (Fsp3) is 0.447. The van der Waals surface area contributed by atoms with Gasteiger partial charge in [-0.05, 0) is 111 Å². The summed E-state index contributed by atoms with van der Waals surface area (Å²) in [6.07, 6.45) is 2.15. The minimum Gasteiger partial charge on any atom is -0.505 e. The normalized spacial score (nSPS) is 12.7. The molecule has 4 aromatic carbocycles. The van der Waals surface area contributed by atoms with Crippen molar-refractivity contribution in [2.75, 3.05) is 7.11 Å². The van der Waals surface area contributed by atoms with Gasteiger partial charge in [0, 0.05) is 16.3 Å². The smallest absolute Gasteiger partial charge is 0.505 e. The van der Waals surface area contributed by atoms with Crippen LogP contribution in [-0.4, -0.2) is 16.8 Å². The summed E-state index contributed by atoms with van der Waals surface area (Å²) >= 11 is 0. The summed E-state index contributed by atoms with van der Waals surface area (Å²) in [5.74, 6) is 1.03. The Balaban J connectivity index is 0.00000300. The third-order valence-electron chi connectivity index (χ3n) is 9.85. The first-order valence-corrected chi connectivity index (χ1v) is 17.6. The zero-order valence-electron chi connectivity index (χ0n) is 34.6. The molecule has 1 N–H and O–H groups in total. The number of methoxy groups -OCH3 is 1. The van der Waals surface area contributed by atoms with Crippen LogP contribution in [0.15, 0.2) is 72.8 Å². The number of aromatic nitrogens is 1. The van der Waals surface area contributed by atoms with E-state index >= 15 is 0 Å². The Morgan fingerprint density at radius 3 is 1.47 bits per heavy atom. The summed E-state index contributed by atoms with van der Waals surface area (Å²) in [6, 6.07) is 26.3. The standard InChI is InChI=1S/C45H59NO2.2CH3.Zr/c1-41(2,3)27-44(10,11)30-18-20-37-35(23-30)36-24-31(45(12,13)28-42(4,5)6)19-21-38(36)46(37)39-26-32(43(7,8)9)25-34(40(39)47)29-16-15-17-33(22-29)48-14;;;/h15-26,47H,27-28H2,1-14H3;2*1H3;/q;2*-1;+2. The molecule has 0 spiro atoms. The maximum absolute atomic E-state index is 12.2. The second kappa shape index (κ2) is 15.3. The molecule has 0 aliphatic carbocycles. The Labute approximate surface area is 330 Å². The molecular formula is C47H65NO2Zr. The molecule has 274 valence electrons. The van der Waals surface area contributed by atoms with Crippen LogP contribution in [0.25, 0.3) is 38.6 Å². The predicted molar refractivity (Wildman–Crippen MR) is 220 cm³/mol. The van der Waals surface area contributed by atoms with Crippen molar-refractivity contribution in [3.8, 4) is 28.3 Å². The maximum Gasteiger partial charge on any atom is 2.00 e. The average Bonchev–Trinajstić information content (AvgIpc) is 3.27. The van der Waals surface area contributed by atoms with E-state index < -0.39 is 0 Å². The van der Waals surface area contributed by atoms with Crippen LogP contribution in [0.5, 0.6) is 11.5 Å². The molecule has 1 aromatic heterocycles. The SMILES string of the molecule is COc1cccc(-c2cc(C(C)(C)C)cc(-n3c4ccc(C(C)(C)CC(C)(C)C)cc4c4cc(C(C)(C)CC(C)(C)C)ccc43)c2O)c1.[CH3-].[CH3-].[Zr+2]. The fourth-order valence-corrected chi connectivity index (χ4v) is 8.21. The van der Waals surface area contributed by atoms with E-state index in [0.717, 1.165) is 52.0 Å². The summed E-state index contributed by atoms with van der Waals surface area (Å²) in [5.41, 5.74) is 8.83. The maximum atomic E-state index is 12.2. The monoisotopic (exact) mass is 765 g/mol. The predicted octanol–water partition coefficient (Wildman–Crippen LogP) is 13.8. The number of phenolic OH excluding ortho intramolecular Hbond substituents is 1. The summed E-state index contributed by atoms with van der Waals surface area (Å²) < 4.78 is 7.87. The van der Waals surface area contributed by atoms with Gasteiger partial charge in [0.15, 0.2) is 0 Å². The zero-order valence-corrected chi connectivity index (χ0v) is 37.1. The molecule has 5 aromatic rings. The molecule has 5 rings (SSSR count). The van der Waals surface area contributed by atoms with E-state index in [0.29, 0.717) is 0 Å². The summed E-state index contributed by atoms with van der Waals surface area (Å²) in [4.78, 5) is 0. The first-order chi connectivity index (χ1) is 22.0. The Morgan fingerprint density at radius 1 is 0.588 bits per heavy atom. The fourth-order valence-electron chi connectivity index (χ4n) is 8.21. The van der Waals surface area contributed by atoms with Crippen LogP contribution in [0, 0.1) is 25.7 Å². The molecule has 51 heavy (non-hydrogen) atoms. The van der Waals surface area contributed by atoms with Gasteiger partial charge in [0.05, 0.1) is 23.8 Å². The molecule has 0 aliphatic heterocycles. The van der Waals surface area contributed by atoms with Gasteiger partial charge in [0.25, 0.3) is 0 Å². The Kier molecular flexibility index (Phi) is 13.3.